The van der Waals surface area contributed by atoms with Crippen LogP contribution >= 0.6 is 0 Å². The van der Waals surface area contributed by atoms with E-state index >= 15 is 0 Å². The summed E-state index contributed by atoms with van der Waals surface area (Å²) in [6, 6.07) is 8.18. The summed E-state index contributed by atoms with van der Waals surface area (Å²) in [5, 5.41) is 6.46. The van der Waals surface area contributed by atoms with Crippen molar-refractivity contribution in [1.82, 2.24) is 10.6 Å². The Kier molecular flexibility index (Phi) is 4.48. The maximum absolute atomic E-state index is 12.2. The van der Waals surface area contributed by atoms with Crippen molar-refractivity contribution < 1.29 is 4.79 Å². The third kappa shape index (κ3) is 3.60. The van der Waals surface area contributed by atoms with Gasteiger partial charge in [-0.25, -0.2) is 0 Å². The van der Waals surface area contributed by atoms with E-state index in [1.807, 2.05) is 12.1 Å². The van der Waals surface area contributed by atoms with Crippen LogP contribution in [0.3, 0.4) is 0 Å². The van der Waals surface area contributed by atoms with Crippen LogP contribution in [0.5, 0.6) is 0 Å². The minimum Gasteiger partial charge on any atom is -0.349 e. The molecule has 2 unspecified atom stereocenters. The number of hydrogen-bond donors (Lipinski definition) is 2. The third-order valence-corrected chi connectivity index (χ3v) is 4.18. The van der Waals surface area contributed by atoms with Crippen molar-refractivity contribution in [2.24, 2.45) is 5.92 Å². The maximum atomic E-state index is 12.2. The van der Waals surface area contributed by atoms with Crippen LogP contribution in [0.1, 0.15) is 50.0 Å². The maximum Gasteiger partial charge on any atom is 0.251 e. The Balaban J connectivity index is 1.98. The van der Waals surface area contributed by atoms with E-state index in [-0.39, 0.29) is 17.4 Å². The lowest BCUT2D eigenvalue weighted by Crippen LogP contribution is -2.38. The van der Waals surface area contributed by atoms with Gasteiger partial charge in [-0.15, -0.1) is 0 Å². The molecule has 0 radical (unpaired) electrons. The molecule has 1 aliphatic heterocycles. The summed E-state index contributed by atoms with van der Waals surface area (Å²) in [6.07, 6.45) is 1.14. The van der Waals surface area contributed by atoms with E-state index in [9.17, 15) is 4.79 Å². The van der Waals surface area contributed by atoms with Gasteiger partial charge in [0.15, 0.2) is 0 Å². The zero-order valence-corrected chi connectivity index (χ0v) is 13.0. The van der Waals surface area contributed by atoms with Crippen LogP contribution in [-0.2, 0) is 5.41 Å². The molecule has 1 aliphatic rings. The summed E-state index contributed by atoms with van der Waals surface area (Å²) in [5.41, 5.74) is 2.12. The topological polar surface area (TPSA) is 41.1 Å². The highest BCUT2D eigenvalue weighted by atomic mass is 16.1. The summed E-state index contributed by atoms with van der Waals surface area (Å²) in [7, 11) is 0. The van der Waals surface area contributed by atoms with Crippen molar-refractivity contribution in [2.45, 2.75) is 45.6 Å². The zero-order chi connectivity index (χ0) is 14.8. The number of amides is 1. The highest BCUT2D eigenvalue weighted by Crippen LogP contribution is 2.22. The predicted octanol–water partition coefficient (Wildman–Crippen LogP) is 2.71. The molecule has 0 saturated carbocycles. The Morgan fingerprint density at radius 2 is 1.95 bits per heavy atom. The number of rotatable bonds is 3. The number of carbonyl (C=O) groups excluding carboxylic acids is 1. The molecule has 0 spiro atoms. The summed E-state index contributed by atoms with van der Waals surface area (Å²) < 4.78 is 0. The molecule has 0 bridgehead atoms. The molecule has 0 aliphatic carbocycles. The molecular formula is C17H26N2O. The minimum atomic E-state index is 0.0323. The largest absolute Gasteiger partial charge is 0.349 e. The molecule has 3 heteroatoms. The van der Waals surface area contributed by atoms with Gasteiger partial charge >= 0.3 is 0 Å². The van der Waals surface area contributed by atoms with Crippen LogP contribution in [0.4, 0.5) is 0 Å². The highest BCUT2D eigenvalue weighted by molar-refractivity contribution is 5.94. The van der Waals surface area contributed by atoms with Gasteiger partial charge in [-0.1, -0.05) is 32.9 Å². The Morgan fingerprint density at radius 1 is 1.30 bits per heavy atom. The van der Waals surface area contributed by atoms with Gasteiger partial charge in [-0.2, -0.15) is 0 Å². The van der Waals surface area contributed by atoms with Gasteiger partial charge in [0.2, 0.25) is 0 Å². The third-order valence-electron chi connectivity index (χ3n) is 4.18. The summed E-state index contributed by atoms with van der Waals surface area (Å²) in [6.45, 7) is 10.7. The normalized spacial score (nSPS) is 20.7. The van der Waals surface area contributed by atoms with Gasteiger partial charge in [-0.3, -0.25) is 4.79 Å². The lowest BCUT2D eigenvalue weighted by molar-refractivity contribution is 0.0929. The van der Waals surface area contributed by atoms with E-state index in [2.05, 4.69) is 50.5 Å². The van der Waals surface area contributed by atoms with Crippen molar-refractivity contribution in [3.63, 3.8) is 0 Å². The van der Waals surface area contributed by atoms with E-state index in [1.54, 1.807) is 0 Å². The molecule has 1 fully saturated rings. The van der Waals surface area contributed by atoms with E-state index in [0.29, 0.717) is 5.92 Å². The number of nitrogens with one attached hydrogen (secondary N) is 2. The van der Waals surface area contributed by atoms with Crippen molar-refractivity contribution in [2.75, 3.05) is 13.1 Å². The van der Waals surface area contributed by atoms with Crippen molar-refractivity contribution >= 4 is 5.91 Å². The molecule has 3 nitrogen and oxygen atoms in total. The molecule has 2 rings (SSSR count). The van der Waals surface area contributed by atoms with E-state index in [4.69, 9.17) is 0 Å². The Bertz CT molecular complexity index is 453. The fourth-order valence-electron chi connectivity index (χ4n) is 2.63. The lowest BCUT2D eigenvalue weighted by atomic mass is 9.86. The SMILES string of the molecule is CC(NC(=O)c1ccc(C(C)(C)C)cc1)C1CCNC1. The molecule has 2 N–H and O–H groups in total. The molecule has 1 aromatic rings. The number of benzene rings is 1. The van der Waals surface area contributed by atoms with E-state index < -0.39 is 0 Å². The molecule has 1 aromatic carbocycles. The highest BCUT2D eigenvalue weighted by Gasteiger charge is 2.23. The number of carbonyl (C=O) groups is 1. The van der Waals surface area contributed by atoms with Crippen molar-refractivity contribution in [3.8, 4) is 0 Å². The van der Waals surface area contributed by atoms with E-state index in [0.717, 1.165) is 25.1 Å². The Hall–Kier alpha value is -1.35. The van der Waals surface area contributed by atoms with Gasteiger partial charge in [0.1, 0.15) is 0 Å². The smallest absolute Gasteiger partial charge is 0.251 e. The van der Waals surface area contributed by atoms with Crippen LogP contribution in [0.15, 0.2) is 24.3 Å². The van der Waals surface area contributed by atoms with Crippen molar-refractivity contribution in [1.29, 1.82) is 0 Å². The molecule has 20 heavy (non-hydrogen) atoms. The quantitative estimate of drug-likeness (QED) is 0.890. The molecular weight excluding hydrogens is 248 g/mol. The van der Waals surface area contributed by atoms with Crippen LogP contribution in [-0.4, -0.2) is 25.0 Å². The van der Waals surface area contributed by atoms with Crippen LogP contribution in [0, 0.1) is 5.92 Å². The second-order valence-corrected chi connectivity index (χ2v) is 6.84. The molecule has 1 heterocycles. The monoisotopic (exact) mass is 274 g/mol. The van der Waals surface area contributed by atoms with Crippen LogP contribution < -0.4 is 10.6 Å². The summed E-state index contributed by atoms with van der Waals surface area (Å²) in [4.78, 5) is 12.2. The first-order chi connectivity index (χ1) is 9.38. The Morgan fingerprint density at radius 3 is 2.45 bits per heavy atom. The van der Waals surface area contributed by atoms with Crippen LogP contribution in [0.2, 0.25) is 0 Å². The summed E-state index contributed by atoms with van der Waals surface area (Å²) in [5.74, 6) is 0.581. The number of hydrogen-bond acceptors (Lipinski definition) is 2. The molecule has 110 valence electrons. The van der Waals surface area contributed by atoms with Gasteiger partial charge in [-0.05, 0) is 55.5 Å². The van der Waals surface area contributed by atoms with Crippen molar-refractivity contribution in [3.05, 3.63) is 35.4 Å². The second-order valence-electron chi connectivity index (χ2n) is 6.84. The fraction of sp³-hybridized carbons (Fsp3) is 0.588. The molecule has 0 aromatic heterocycles. The fourth-order valence-corrected chi connectivity index (χ4v) is 2.63. The molecule has 2 atom stereocenters. The average Bonchev–Trinajstić information content (AvgIpc) is 2.91. The Labute approximate surface area is 122 Å². The molecule has 1 amide bonds. The van der Waals surface area contributed by atoms with E-state index in [1.165, 1.54) is 5.56 Å². The van der Waals surface area contributed by atoms with Crippen LogP contribution in [0.25, 0.3) is 0 Å². The van der Waals surface area contributed by atoms with Gasteiger partial charge in [0, 0.05) is 11.6 Å². The first-order valence-corrected chi connectivity index (χ1v) is 7.50. The van der Waals surface area contributed by atoms with Gasteiger partial charge < -0.3 is 10.6 Å². The first-order valence-electron chi connectivity index (χ1n) is 7.50. The summed E-state index contributed by atoms with van der Waals surface area (Å²) >= 11 is 0. The second kappa shape index (κ2) is 5.96. The lowest BCUT2D eigenvalue weighted by Gasteiger charge is -2.21. The first kappa shape index (κ1) is 15.0. The van der Waals surface area contributed by atoms with Gasteiger partial charge in [0.25, 0.3) is 5.91 Å². The minimum absolute atomic E-state index is 0.0323. The van der Waals surface area contributed by atoms with Gasteiger partial charge in [0.05, 0.1) is 0 Å². The standard InChI is InChI=1S/C17H26N2O/c1-12(14-9-10-18-11-14)19-16(20)13-5-7-15(8-6-13)17(2,3)4/h5-8,12,14,18H,9-11H2,1-4H3,(H,19,20). The predicted molar refractivity (Wildman–Crippen MR) is 83.0 cm³/mol. The average molecular weight is 274 g/mol. The zero-order valence-electron chi connectivity index (χ0n) is 13.0. The molecule has 1 saturated heterocycles.